The topological polar surface area (TPSA) is 3.24 Å². The molecule has 0 saturated heterocycles. The standard InChI is InChI=1S/C11H23N/c1-10(2)12(3)11-8-6-4-5-7-9-11/h10-11H,4-9H2,1-3H3. The summed E-state index contributed by atoms with van der Waals surface area (Å²) in [5, 5.41) is 0. The second-order valence-corrected chi connectivity index (χ2v) is 4.40. The molecule has 0 bridgehead atoms. The first-order valence-electron chi connectivity index (χ1n) is 5.43. The highest BCUT2D eigenvalue weighted by Crippen LogP contribution is 2.21. The molecule has 1 nitrogen and oxygen atoms in total. The second-order valence-electron chi connectivity index (χ2n) is 4.40. The van der Waals surface area contributed by atoms with Crippen molar-refractivity contribution in [1.82, 2.24) is 4.90 Å². The van der Waals surface area contributed by atoms with Gasteiger partial charge in [0, 0.05) is 12.1 Å². The Morgan fingerprint density at radius 1 is 1.00 bits per heavy atom. The van der Waals surface area contributed by atoms with Crippen molar-refractivity contribution >= 4 is 0 Å². The van der Waals surface area contributed by atoms with Crippen LogP contribution in [0.2, 0.25) is 0 Å². The molecule has 0 heterocycles. The van der Waals surface area contributed by atoms with Crippen LogP contribution in [0.25, 0.3) is 0 Å². The van der Waals surface area contributed by atoms with Crippen molar-refractivity contribution in [3.05, 3.63) is 0 Å². The molecule has 1 rings (SSSR count). The maximum atomic E-state index is 2.55. The molecule has 0 aromatic rings. The molecule has 0 aromatic heterocycles. The van der Waals surface area contributed by atoms with E-state index in [2.05, 4.69) is 25.8 Å². The molecule has 12 heavy (non-hydrogen) atoms. The maximum absolute atomic E-state index is 2.55. The largest absolute Gasteiger partial charge is 0.301 e. The van der Waals surface area contributed by atoms with Gasteiger partial charge in [-0.05, 0) is 33.7 Å². The summed E-state index contributed by atoms with van der Waals surface area (Å²) in [7, 11) is 2.28. The summed E-state index contributed by atoms with van der Waals surface area (Å²) in [6.07, 6.45) is 8.66. The fraction of sp³-hybridized carbons (Fsp3) is 1.00. The monoisotopic (exact) mass is 169 g/mol. The van der Waals surface area contributed by atoms with Crippen LogP contribution >= 0.6 is 0 Å². The lowest BCUT2D eigenvalue weighted by Crippen LogP contribution is -2.36. The first kappa shape index (κ1) is 10.0. The van der Waals surface area contributed by atoms with Gasteiger partial charge in [0.15, 0.2) is 0 Å². The fourth-order valence-corrected chi connectivity index (χ4v) is 2.09. The molecule has 0 atom stereocenters. The summed E-state index contributed by atoms with van der Waals surface area (Å²) in [6.45, 7) is 4.59. The van der Waals surface area contributed by atoms with Crippen LogP contribution in [0.4, 0.5) is 0 Å². The Bertz CT molecular complexity index is 112. The Balaban J connectivity index is 2.37. The van der Waals surface area contributed by atoms with Gasteiger partial charge in [0.05, 0.1) is 0 Å². The van der Waals surface area contributed by atoms with E-state index < -0.39 is 0 Å². The summed E-state index contributed by atoms with van der Waals surface area (Å²) in [6, 6.07) is 1.58. The van der Waals surface area contributed by atoms with Gasteiger partial charge >= 0.3 is 0 Å². The first-order valence-corrected chi connectivity index (χ1v) is 5.43. The van der Waals surface area contributed by atoms with Crippen LogP contribution in [0.3, 0.4) is 0 Å². The van der Waals surface area contributed by atoms with Gasteiger partial charge < -0.3 is 4.90 Å². The molecule has 0 unspecified atom stereocenters. The Morgan fingerprint density at radius 3 is 1.92 bits per heavy atom. The van der Waals surface area contributed by atoms with E-state index in [1.807, 2.05) is 0 Å². The third kappa shape index (κ3) is 2.78. The molecule has 0 radical (unpaired) electrons. The molecule has 0 aliphatic heterocycles. The van der Waals surface area contributed by atoms with Crippen molar-refractivity contribution in [2.24, 2.45) is 0 Å². The third-order valence-electron chi connectivity index (χ3n) is 3.22. The SMILES string of the molecule is CC(C)N(C)C1CCCCCC1. The number of hydrogen-bond acceptors (Lipinski definition) is 1. The van der Waals surface area contributed by atoms with Crippen molar-refractivity contribution in [1.29, 1.82) is 0 Å². The van der Waals surface area contributed by atoms with Crippen LogP contribution in [0.5, 0.6) is 0 Å². The lowest BCUT2D eigenvalue weighted by atomic mass is 10.1. The minimum atomic E-state index is 0.716. The number of rotatable bonds is 2. The van der Waals surface area contributed by atoms with E-state index >= 15 is 0 Å². The summed E-state index contributed by atoms with van der Waals surface area (Å²) in [5.41, 5.74) is 0. The molecule has 0 N–H and O–H groups in total. The summed E-state index contributed by atoms with van der Waals surface area (Å²) in [5.74, 6) is 0. The van der Waals surface area contributed by atoms with Gasteiger partial charge in [-0.1, -0.05) is 25.7 Å². The molecule has 0 spiro atoms. The van der Waals surface area contributed by atoms with Crippen LogP contribution in [0.15, 0.2) is 0 Å². The van der Waals surface area contributed by atoms with Crippen molar-refractivity contribution in [2.75, 3.05) is 7.05 Å². The van der Waals surface area contributed by atoms with E-state index in [0.29, 0.717) is 6.04 Å². The van der Waals surface area contributed by atoms with Gasteiger partial charge in [0.25, 0.3) is 0 Å². The first-order chi connectivity index (χ1) is 5.72. The molecule has 1 heteroatoms. The Morgan fingerprint density at radius 2 is 1.50 bits per heavy atom. The highest BCUT2D eigenvalue weighted by molar-refractivity contribution is 4.74. The Labute approximate surface area is 77.1 Å². The Kier molecular flexibility index (Phi) is 4.07. The molecule has 0 aromatic carbocycles. The molecule has 1 saturated carbocycles. The number of hydrogen-bond donors (Lipinski definition) is 0. The molecular weight excluding hydrogens is 146 g/mol. The van der Waals surface area contributed by atoms with Crippen molar-refractivity contribution in [3.63, 3.8) is 0 Å². The summed E-state index contributed by atoms with van der Waals surface area (Å²) >= 11 is 0. The van der Waals surface area contributed by atoms with Crippen LogP contribution in [-0.4, -0.2) is 24.0 Å². The third-order valence-corrected chi connectivity index (χ3v) is 3.22. The average Bonchev–Trinajstić information content (AvgIpc) is 2.30. The van der Waals surface area contributed by atoms with Gasteiger partial charge in [-0.2, -0.15) is 0 Å². The van der Waals surface area contributed by atoms with Gasteiger partial charge in [-0.15, -0.1) is 0 Å². The van der Waals surface area contributed by atoms with Crippen molar-refractivity contribution in [2.45, 2.75) is 64.5 Å². The Hall–Kier alpha value is -0.0400. The second kappa shape index (κ2) is 4.86. The smallest absolute Gasteiger partial charge is 0.00949 e. The highest BCUT2D eigenvalue weighted by atomic mass is 15.1. The zero-order valence-electron chi connectivity index (χ0n) is 8.84. The summed E-state index contributed by atoms with van der Waals surface area (Å²) < 4.78 is 0. The van der Waals surface area contributed by atoms with Gasteiger partial charge in [0.1, 0.15) is 0 Å². The highest BCUT2D eigenvalue weighted by Gasteiger charge is 2.18. The fourth-order valence-electron chi connectivity index (χ4n) is 2.09. The van der Waals surface area contributed by atoms with E-state index in [0.717, 1.165) is 6.04 Å². The van der Waals surface area contributed by atoms with Crippen molar-refractivity contribution < 1.29 is 0 Å². The predicted octanol–water partition coefficient (Wildman–Crippen LogP) is 3.05. The lowest BCUT2D eigenvalue weighted by molar-refractivity contribution is 0.178. The van der Waals surface area contributed by atoms with E-state index in [1.54, 1.807) is 0 Å². The van der Waals surface area contributed by atoms with E-state index in [9.17, 15) is 0 Å². The molecule has 1 aliphatic rings. The molecule has 1 aliphatic carbocycles. The van der Waals surface area contributed by atoms with E-state index in [4.69, 9.17) is 0 Å². The van der Waals surface area contributed by atoms with Crippen LogP contribution in [-0.2, 0) is 0 Å². The molecule has 72 valence electrons. The zero-order valence-corrected chi connectivity index (χ0v) is 8.84. The van der Waals surface area contributed by atoms with E-state index in [-0.39, 0.29) is 0 Å². The predicted molar refractivity (Wildman–Crippen MR) is 54.4 cm³/mol. The minimum Gasteiger partial charge on any atom is -0.301 e. The quantitative estimate of drug-likeness (QED) is 0.574. The van der Waals surface area contributed by atoms with Crippen LogP contribution in [0.1, 0.15) is 52.4 Å². The van der Waals surface area contributed by atoms with E-state index in [1.165, 1.54) is 38.5 Å². The number of nitrogens with zero attached hydrogens (tertiary/aromatic N) is 1. The van der Waals surface area contributed by atoms with Gasteiger partial charge in [-0.3, -0.25) is 0 Å². The maximum Gasteiger partial charge on any atom is 0.00949 e. The zero-order chi connectivity index (χ0) is 8.97. The normalized spacial score (nSPS) is 21.8. The summed E-state index contributed by atoms with van der Waals surface area (Å²) in [4.78, 5) is 2.55. The van der Waals surface area contributed by atoms with Crippen LogP contribution in [0, 0.1) is 0 Å². The molecule has 1 fully saturated rings. The molecular formula is C11H23N. The van der Waals surface area contributed by atoms with Gasteiger partial charge in [0.2, 0.25) is 0 Å². The van der Waals surface area contributed by atoms with Crippen LogP contribution < -0.4 is 0 Å². The van der Waals surface area contributed by atoms with Crippen molar-refractivity contribution in [3.8, 4) is 0 Å². The minimum absolute atomic E-state index is 0.716. The lowest BCUT2D eigenvalue weighted by Gasteiger charge is -2.30. The average molecular weight is 169 g/mol. The molecule has 0 amide bonds. The van der Waals surface area contributed by atoms with Gasteiger partial charge in [-0.25, -0.2) is 0 Å².